The zero-order valence-corrected chi connectivity index (χ0v) is 34.1. The number of ether oxygens (including phenoxy) is 2. The van der Waals surface area contributed by atoms with Gasteiger partial charge in [-0.15, -0.1) is 6.42 Å². The van der Waals surface area contributed by atoms with Crippen molar-refractivity contribution in [3.8, 4) is 18.4 Å². The number of aromatic nitrogens is 4. The van der Waals surface area contributed by atoms with Gasteiger partial charge in [0.1, 0.15) is 43.0 Å². The van der Waals surface area contributed by atoms with Crippen LogP contribution in [0.3, 0.4) is 0 Å². The van der Waals surface area contributed by atoms with E-state index in [9.17, 15) is 19.5 Å². The van der Waals surface area contributed by atoms with Crippen molar-refractivity contribution < 1.29 is 55.2 Å². The van der Waals surface area contributed by atoms with E-state index in [0.717, 1.165) is 6.33 Å². The lowest BCUT2D eigenvalue weighted by molar-refractivity contribution is -0.0518. The number of phosphoric acid groups is 1. The first-order valence-electron chi connectivity index (χ1n) is 17.2. The van der Waals surface area contributed by atoms with Gasteiger partial charge in [0.2, 0.25) is 0 Å². The minimum Gasteiger partial charge on any atom is -0.408 e. The maximum atomic E-state index is 16.7. The fourth-order valence-electron chi connectivity index (χ4n) is 5.81. The highest BCUT2D eigenvalue weighted by Gasteiger charge is 2.56. The molecule has 3 aliphatic rings. The molecule has 0 saturated carbocycles. The van der Waals surface area contributed by atoms with Crippen molar-refractivity contribution in [1.82, 2.24) is 19.5 Å². The number of carbonyl (C=O) groups is 1. The number of alkyl halides is 1. The molecule has 55 heavy (non-hydrogen) atoms. The molecule has 0 radical (unpaired) electrons. The Morgan fingerprint density at radius 1 is 1.15 bits per heavy atom. The molecule has 22 heteroatoms. The number of amides is 1. The number of nitrogens with one attached hydrogen (secondary N) is 1. The molecule has 2 N–H and O–H groups in total. The van der Waals surface area contributed by atoms with Gasteiger partial charge in [-0.3, -0.25) is 27.5 Å². The number of phosphoric ester groups is 1. The summed E-state index contributed by atoms with van der Waals surface area (Å²) in [5.74, 6) is 2.07. The predicted octanol–water partition coefficient (Wildman–Crippen LogP) is 5.18. The van der Waals surface area contributed by atoms with Gasteiger partial charge in [-0.25, -0.2) is 23.9 Å². The van der Waals surface area contributed by atoms with Crippen LogP contribution in [0.2, 0.25) is 18.1 Å². The number of anilines is 1. The van der Waals surface area contributed by atoms with E-state index in [2.05, 4.69) is 26.2 Å². The number of terminal acetylenes is 1. The third-order valence-corrected chi connectivity index (χ3v) is 17.1. The first-order chi connectivity index (χ1) is 26.0. The summed E-state index contributed by atoms with van der Waals surface area (Å²) in [5, 5.41) is 11.6. The van der Waals surface area contributed by atoms with Crippen LogP contribution < -0.4 is 5.32 Å². The molecule has 2 aromatic heterocycles. The van der Waals surface area contributed by atoms with Gasteiger partial charge in [0.05, 0.1) is 38.6 Å². The second-order valence-corrected chi connectivity index (χ2v) is 23.5. The minimum atomic E-state index is -4.66. The Morgan fingerprint density at radius 3 is 2.56 bits per heavy atom. The van der Waals surface area contributed by atoms with Crippen molar-refractivity contribution in [1.29, 1.82) is 5.26 Å². The highest BCUT2D eigenvalue weighted by atomic mass is 32.5. The summed E-state index contributed by atoms with van der Waals surface area (Å²) in [4.78, 5) is 36.9. The molecule has 6 rings (SSSR count). The molecule has 10 atom stereocenters. The van der Waals surface area contributed by atoms with E-state index in [-0.39, 0.29) is 35.0 Å². The van der Waals surface area contributed by atoms with E-state index in [0.29, 0.717) is 5.56 Å². The first-order valence-corrected chi connectivity index (χ1v) is 24.1. The number of imidazole rings is 1. The summed E-state index contributed by atoms with van der Waals surface area (Å²) in [7, 11) is -7.28. The Morgan fingerprint density at radius 2 is 1.87 bits per heavy atom. The number of nitriles is 1. The highest BCUT2D eigenvalue weighted by Crippen LogP contribution is 2.56. The van der Waals surface area contributed by atoms with E-state index in [1.165, 1.54) is 10.9 Å². The molecular formula is C33H41FN6O11P2SSi. The van der Waals surface area contributed by atoms with Crippen molar-refractivity contribution in [3.63, 3.8) is 0 Å². The fraction of sp³-hybridized carbons (Fsp3) is 0.545. The molecule has 3 fully saturated rings. The Bertz CT molecular complexity index is 2060. The normalized spacial score (nSPS) is 33.0. The zero-order valence-electron chi connectivity index (χ0n) is 30.5. The first kappa shape index (κ1) is 41.6. The molecule has 0 aliphatic carbocycles. The lowest BCUT2D eigenvalue weighted by Gasteiger charge is -2.40. The molecule has 296 valence electrons. The van der Waals surface area contributed by atoms with Crippen LogP contribution in [0, 0.1) is 23.7 Å². The summed E-state index contributed by atoms with van der Waals surface area (Å²) in [6, 6.07) is 10.3. The van der Waals surface area contributed by atoms with Crippen molar-refractivity contribution in [2.45, 2.75) is 94.3 Å². The smallest absolute Gasteiger partial charge is 0.408 e. The molecule has 1 amide bonds. The molecule has 2 unspecified atom stereocenters. The molecular weight excluding hydrogens is 797 g/mol. The summed E-state index contributed by atoms with van der Waals surface area (Å²) in [6.07, 6.45) is -3.05. The van der Waals surface area contributed by atoms with Gasteiger partial charge >= 0.3 is 14.5 Å². The van der Waals surface area contributed by atoms with Gasteiger partial charge in [-0.1, -0.05) is 44.9 Å². The van der Waals surface area contributed by atoms with Crippen molar-refractivity contribution in [2.75, 3.05) is 25.1 Å². The van der Waals surface area contributed by atoms with Gasteiger partial charge in [-0.2, -0.15) is 5.26 Å². The van der Waals surface area contributed by atoms with E-state index >= 15 is 4.39 Å². The number of halogens is 1. The van der Waals surface area contributed by atoms with Crippen molar-refractivity contribution in [2.24, 2.45) is 0 Å². The standard InChI is InChI=1S/C33H41FN6O11P2SSi/c1-7-21-27-28(51-55(5,6)33(2,3)4)23(47-21)17-46-53(43,54)50-26-22(16-45-52(42,49-27)44-15-11-14-35)48-32(24(26)34)40-19-38-25-29(36-18-37-30(25)40)39-31(41)20-12-9-8-10-13-20/h1,8-10,12-13,18-19,21-24,26-28,32H,11,15-17H2,2-6H3,(H,43,54)(H,36,37,39,41)/t21-,22+,23+,24+,26+,27-,28+,32+,52?,53?/m0/s1. The highest BCUT2D eigenvalue weighted by molar-refractivity contribution is 8.07. The minimum absolute atomic E-state index is 0.0537. The number of rotatable bonds is 8. The van der Waals surface area contributed by atoms with Crippen LogP contribution in [0.4, 0.5) is 10.2 Å². The molecule has 3 aliphatic heterocycles. The number of benzene rings is 1. The van der Waals surface area contributed by atoms with Crippen molar-refractivity contribution >= 4 is 57.6 Å². The number of carbonyl (C=O) groups excluding carboxylic acids is 1. The van der Waals surface area contributed by atoms with Crippen LogP contribution in [0.1, 0.15) is 43.8 Å². The quantitative estimate of drug-likeness (QED) is 0.130. The van der Waals surface area contributed by atoms with Gasteiger partial charge in [-0.05, 0) is 42.1 Å². The summed E-state index contributed by atoms with van der Waals surface area (Å²) in [5.41, 5.74) is 0.567. The average molecular weight is 839 g/mol. The molecule has 1 aromatic carbocycles. The maximum absolute atomic E-state index is 16.7. The van der Waals surface area contributed by atoms with E-state index < -0.39 is 91.0 Å². The van der Waals surface area contributed by atoms with Crippen LogP contribution in [-0.2, 0) is 52.9 Å². The Labute approximate surface area is 323 Å². The monoisotopic (exact) mass is 838 g/mol. The SMILES string of the molecule is C#C[C@@H]1O[C@@H]2COP(O)(=S)O[C@H]3[C@@H](F)[C@H](n4cnc5c(NC(=O)c6ccccc6)ncnc54)O[C@@H]3COP(=O)(OCCC#N)O[C@@H]1[C@@H]2O[Si](C)(C)C(C)(C)C. The summed E-state index contributed by atoms with van der Waals surface area (Å²) in [6.45, 7) is 4.24. The molecule has 0 spiro atoms. The molecule has 17 nitrogen and oxygen atoms in total. The van der Waals surface area contributed by atoms with Crippen LogP contribution in [0.5, 0.6) is 0 Å². The average Bonchev–Trinajstić information content (AvgIpc) is 3.79. The Hall–Kier alpha value is -3.04. The topological polar surface area (TPSA) is 208 Å². The van der Waals surface area contributed by atoms with E-state index in [1.54, 1.807) is 30.3 Å². The molecule has 3 aromatic rings. The lowest BCUT2D eigenvalue weighted by Crippen LogP contribution is -2.50. The van der Waals surface area contributed by atoms with Gasteiger partial charge < -0.3 is 28.6 Å². The van der Waals surface area contributed by atoms with E-state index in [1.807, 2.05) is 39.9 Å². The number of hydrogen-bond donors (Lipinski definition) is 2. The second-order valence-electron chi connectivity index (χ2n) is 14.4. The number of fused-ring (bicyclic) bond motifs is 4. The van der Waals surface area contributed by atoms with Crippen LogP contribution >= 0.6 is 14.5 Å². The summed E-state index contributed by atoms with van der Waals surface area (Å²) < 4.78 is 80.1. The van der Waals surface area contributed by atoms with Crippen LogP contribution in [0.25, 0.3) is 11.2 Å². The number of nitrogens with zero attached hydrogens (tertiary/aromatic N) is 5. The maximum Gasteiger partial charge on any atom is 0.475 e. The summed E-state index contributed by atoms with van der Waals surface area (Å²) >= 11 is 5.35. The van der Waals surface area contributed by atoms with Crippen LogP contribution in [0.15, 0.2) is 43.0 Å². The Balaban J connectivity index is 1.32. The third-order valence-electron chi connectivity index (χ3n) is 9.65. The molecule has 3 saturated heterocycles. The van der Waals surface area contributed by atoms with Gasteiger partial charge in [0.15, 0.2) is 37.7 Å². The third kappa shape index (κ3) is 9.08. The predicted molar refractivity (Wildman–Crippen MR) is 200 cm³/mol. The molecule has 2 bridgehead atoms. The fourth-order valence-corrected chi connectivity index (χ4v) is 9.94. The van der Waals surface area contributed by atoms with Crippen LogP contribution in [-0.4, -0.2) is 101 Å². The van der Waals surface area contributed by atoms with Gasteiger partial charge in [0.25, 0.3) is 5.91 Å². The van der Waals surface area contributed by atoms with Crippen molar-refractivity contribution in [3.05, 3.63) is 48.5 Å². The van der Waals surface area contributed by atoms with Gasteiger partial charge in [0, 0.05) is 5.56 Å². The van der Waals surface area contributed by atoms with E-state index in [4.69, 9.17) is 54.7 Å². The largest absolute Gasteiger partial charge is 0.475 e. The molecule has 5 heterocycles. The number of hydrogen-bond acceptors (Lipinski definition) is 15. The second kappa shape index (κ2) is 16.4. The lowest BCUT2D eigenvalue weighted by atomic mass is 10.1. The zero-order chi connectivity index (χ0) is 39.8. The Kier molecular flexibility index (Phi) is 12.4.